The maximum atomic E-state index is 12.1. The third kappa shape index (κ3) is 3.54. The molecule has 0 spiro atoms. The van der Waals surface area contributed by atoms with E-state index in [9.17, 15) is 4.79 Å². The molecule has 3 rings (SSSR count). The van der Waals surface area contributed by atoms with E-state index in [2.05, 4.69) is 16.9 Å². The van der Waals surface area contributed by atoms with Crippen molar-refractivity contribution >= 4 is 40.8 Å². The lowest BCUT2D eigenvalue weighted by Crippen LogP contribution is -2.14. The van der Waals surface area contributed by atoms with Crippen molar-refractivity contribution in [2.45, 2.75) is 16.0 Å². The summed E-state index contributed by atoms with van der Waals surface area (Å²) in [6, 6.07) is 15.8. The summed E-state index contributed by atoms with van der Waals surface area (Å²) < 4.78 is 0.357. The van der Waals surface area contributed by atoms with Crippen LogP contribution in [-0.2, 0) is 11.2 Å². The SMILES string of the molecule is CSC1Nc2ccc(NC(=O)Cc3ccccc3)cc2S1. The van der Waals surface area contributed by atoms with Crippen molar-refractivity contribution in [1.82, 2.24) is 0 Å². The molecular formula is C16H16N2OS2. The van der Waals surface area contributed by atoms with Crippen LogP contribution in [0, 0.1) is 0 Å². The average Bonchev–Trinajstić information content (AvgIpc) is 2.90. The maximum Gasteiger partial charge on any atom is 0.228 e. The highest BCUT2D eigenvalue weighted by Gasteiger charge is 2.20. The molecule has 0 aromatic heterocycles. The van der Waals surface area contributed by atoms with Gasteiger partial charge in [-0.1, -0.05) is 42.1 Å². The number of anilines is 2. The Bertz CT molecular complexity index is 646. The lowest BCUT2D eigenvalue weighted by atomic mass is 10.1. The number of hydrogen-bond acceptors (Lipinski definition) is 4. The zero-order valence-electron chi connectivity index (χ0n) is 11.6. The Kier molecular flexibility index (Phi) is 4.41. The highest BCUT2D eigenvalue weighted by molar-refractivity contribution is 8.17. The van der Waals surface area contributed by atoms with Crippen molar-refractivity contribution in [3.05, 3.63) is 54.1 Å². The van der Waals surface area contributed by atoms with Crippen LogP contribution in [-0.4, -0.2) is 16.9 Å². The Balaban J connectivity index is 1.65. The second-order valence-electron chi connectivity index (χ2n) is 4.75. The molecule has 0 radical (unpaired) electrons. The highest BCUT2D eigenvalue weighted by Crippen LogP contribution is 2.43. The number of carbonyl (C=O) groups is 1. The number of hydrogen-bond donors (Lipinski definition) is 2. The molecule has 1 aliphatic rings. The third-order valence-corrected chi connectivity index (χ3v) is 5.53. The van der Waals surface area contributed by atoms with Gasteiger partial charge in [-0.05, 0) is 30.0 Å². The predicted molar refractivity (Wildman–Crippen MR) is 92.0 cm³/mol. The molecule has 0 aliphatic carbocycles. The van der Waals surface area contributed by atoms with Gasteiger partial charge in [-0.2, -0.15) is 0 Å². The van der Waals surface area contributed by atoms with Gasteiger partial charge in [0, 0.05) is 16.3 Å². The van der Waals surface area contributed by atoms with E-state index in [1.807, 2.05) is 48.5 Å². The van der Waals surface area contributed by atoms with Crippen LogP contribution < -0.4 is 10.6 Å². The van der Waals surface area contributed by atoms with Crippen molar-refractivity contribution < 1.29 is 4.79 Å². The van der Waals surface area contributed by atoms with Crippen LogP contribution in [0.15, 0.2) is 53.4 Å². The number of benzene rings is 2. The summed E-state index contributed by atoms with van der Waals surface area (Å²) in [6.45, 7) is 0. The van der Waals surface area contributed by atoms with E-state index in [1.165, 1.54) is 4.90 Å². The Morgan fingerprint density at radius 2 is 2.10 bits per heavy atom. The first-order valence-electron chi connectivity index (χ1n) is 6.68. The topological polar surface area (TPSA) is 41.1 Å². The van der Waals surface area contributed by atoms with E-state index in [4.69, 9.17) is 0 Å². The van der Waals surface area contributed by atoms with Gasteiger partial charge in [0.1, 0.15) is 4.71 Å². The quantitative estimate of drug-likeness (QED) is 0.893. The van der Waals surface area contributed by atoms with Crippen LogP contribution >= 0.6 is 23.5 Å². The first-order chi connectivity index (χ1) is 10.2. The molecule has 0 saturated heterocycles. The Labute approximate surface area is 132 Å². The van der Waals surface area contributed by atoms with Crippen LogP contribution in [0.1, 0.15) is 5.56 Å². The molecule has 0 fully saturated rings. The molecule has 0 saturated carbocycles. The number of fused-ring (bicyclic) bond motifs is 1. The normalized spacial score (nSPS) is 16.1. The van der Waals surface area contributed by atoms with Gasteiger partial charge in [0.2, 0.25) is 5.91 Å². The number of nitrogens with one attached hydrogen (secondary N) is 2. The zero-order valence-corrected chi connectivity index (χ0v) is 13.3. The van der Waals surface area contributed by atoms with Crippen LogP contribution in [0.4, 0.5) is 11.4 Å². The number of thioether (sulfide) groups is 2. The lowest BCUT2D eigenvalue weighted by molar-refractivity contribution is -0.115. The number of amides is 1. The van der Waals surface area contributed by atoms with E-state index < -0.39 is 0 Å². The summed E-state index contributed by atoms with van der Waals surface area (Å²) in [5.41, 5.74) is 3.01. The molecule has 5 heteroatoms. The summed E-state index contributed by atoms with van der Waals surface area (Å²) in [4.78, 5) is 13.3. The fourth-order valence-corrected chi connectivity index (χ4v) is 3.99. The van der Waals surface area contributed by atoms with Crippen molar-refractivity contribution in [1.29, 1.82) is 0 Å². The summed E-state index contributed by atoms with van der Waals surface area (Å²) in [6.07, 6.45) is 2.48. The third-order valence-electron chi connectivity index (χ3n) is 3.19. The van der Waals surface area contributed by atoms with E-state index in [0.717, 1.165) is 16.9 Å². The molecule has 21 heavy (non-hydrogen) atoms. The van der Waals surface area contributed by atoms with Gasteiger partial charge >= 0.3 is 0 Å². The number of rotatable bonds is 4. The summed E-state index contributed by atoms with van der Waals surface area (Å²) in [5, 5.41) is 6.38. The molecule has 0 bridgehead atoms. The van der Waals surface area contributed by atoms with E-state index in [-0.39, 0.29) is 5.91 Å². The Hall–Kier alpha value is -1.59. The lowest BCUT2D eigenvalue weighted by Gasteiger charge is -2.07. The maximum absolute atomic E-state index is 12.1. The van der Waals surface area contributed by atoms with Crippen LogP contribution in [0.5, 0.6) is 0 Å². The smallest absolute Gasteiger partial charge is 0.228 e. The summed E-state index contributed by atoms with van der Waals surface area (Å²) in [5.74, 6) is 0.0125. The molecule has 1 atom stereocenters. The van der Waals surface area contributed by atoms with Crippen molar-refractivity contribution in [2.75, 3.05) is 16.9 Å². The van der Waals surface area contributed by atoms with Crippen LogP contribution in [0.25, 0.3) is 0 Å². The fraction of sp³-hybridized carbons (Fsp3) is 0.188. The zero-order chi connectivity index (χ0) is 14.7. The molecule has 1 unspecified atom stereocenters. The van der Waals surface area contributed by atoms with Gasteiger partial charge in [-0.3, -0.25) is 4.79 Å². The first-order valence-corrected chi connectivity index (χ1v) is 8.85. The average molecular weight is 316 g/mol. The van der Waals surface area contributed by atoms with Crippen molar-refractivity contribution in [2.24, 2.45) is 0 Å². The molecule has 1 aliphatic heterocycles. The molecule has 2 N–H and O–H groups in total. The minimum absolute atomic E-state index is 0.0125. The molecule has 2 aromatic rings. The molecular weight excluding hydrogens is 300 g/mol. The van der Waals surface area contributed by atoms with Gasteiger partial charge in [-0.25, -0.2) is 0 Å². The summed E-state index contributed by atoms with van der Waals surface area (Å²) >= 11 is 3.56. The predicted octanol–water partition coefficient (Wildman–Crippen LogP) is 4.03. The van der Waals surface area contributed by atoms with E-state index >= 15 is 0 Å². The van der Waals surface area contributed by atoms with Gasteiger partial charge < -0.3 is 10.6 Å². The van der Waals surface area contributed by atoms with Crippen molar-refractivity contribution in [3.63, 3.8) is 0 Å². The van der Waals surface area contributed by atoms with Gasteiger partial charge in [0.15, 0.2) is 0 Å². The molecule has 108 valence electrons. The van der Waals surface area contributed by atoms with Gasteiger partial charge in [0.25, 0.3) is 0 Å². The minimum atomic E-state index is 0.0125. The second-order valence-corrected chi connectivity index (χ2v) is 7.14. The van der Waals surface area contributed by atoms with E-state index in [0.29, 0.717) is 11.1 Å². The van der Waals surface area contributed by atoms with Gasteiger partial charge in [-0.15, -0.1) is 11.8 Å². The van der Waals surface area contributed by atoms with E-state index in [1.54, 1.807) is 23.5 Å². The largest absolute Gasteiger partial charge is 0.364 e. The molecule has 1 heterocycles. The minimum Gasteiger partial charge on any atom is -0.364 e. The van der Waals surface area contributed by atoms with Crippen molar-refractivity contribution in [3.8, 4) is 0 Å². The molecule has 3 nitrogen and oxygen atoms in total. The monoisotopic (exact) mass is 316 g/mol. The molecule has 2 aromatic carbocycles. The van der Waals surface area contributed by atoms with Gasteiger partial charge in [0.05, 0.1) is 6.42 Å². The standard InChI is InChI=1S/C16H16N2OS2/c1-20-16-18-13-8-7-12(10-14(13)21-16)17-15(19)9-11-5-3-2-4-6-11/h2-8,10,16,18H,9H2,1H3,(H,17,19). The second kappa shape index (κ2) is 6.45. The first kappa shape index (κ1) is 14.4. The Morgan fingerprint density at radius 3 is 2.86 bits per heavy atom. The number of carbonyl (C=O) groups excluding carboxylic acids is 1. The fourth-order valence-electron chi connectivity index (χ4n) is 2.18. The Morgan fingerprint density at radius 1 is 1.29 bits per heavy atom. The highest BCUT2D eigenvalue weighted by atomic mass is 32.2. The molecule has 1 amide bonds. The van der Waals surface area contributed by atoms with Crippen LogP contribution in [0.3, 0.4) is 0 Å². The summed E-state index contributed by atoms with van der Waals surface area (Å²) in [7, 11) is 0. The van der Waals surface area contributed by atoms with Crippen LogP contribution in [0.2, 0.25) is 0 Å².